The molecule has 9 heteroatoms. The number of benzene rings is 1. The second-order valence-electron chi connectivity index (χ2n) is 6.46. The zero-order valence-electron chi connectivity index (χ0n) is 14.8. The number of piperazine rings is 1. The molecule has 0 aliphatic carbocycles. The van der Waals surface area contributed by atoms with Crippen LogP contribution in [-0.4, -0.2) is 50.7 Å². The van der Waals surface area contributed by atoms with Crippen LogP contribution in [0.3, 0.4) is 0 Å². The Hall–Kier alpha value is -2.45. The predicted molar refractivity (Wildman–Crippen MR) is 110 cm³/mol. The summed E-state index contributed by atoms with van der Waals surface area (Å²) in [6, 6.07) is 5.93. The Labute approximate surface area is 165 Å². The summed E-state index contributed by atoms with van der Waals surface area (Å²) < 4.78 is 3.17. The lowest BCUT2D eigenvalue weighted by Gasteiger charge is -2.35. The molecule has 0 N–H and O–H groups in total. The van der Waals surface area contributed by atoms with Crippen molar-refractivity contribution in [2.24, 2.45) is 0 Å². The van der Waals surface area contributed by atoms with Crippen molar-refractivity contribution in [2.75, 3.05) is 36.0 Å². The van der Waals surface area contributed by atoms with Crippen LogP contribution in [-0.2, 0) is 6.54 Å². The first-order chi connectivity index (χ1) is 13.2. The molecule has 1 fully saturated rings. The number of thiazole rings is 1. The van der Waals surface area contributed by atoms with E-state index < -0.39 is 0 Å². The van der Waals surface area contributed by atoms with Crippen LogP contribution in [0, 0.1) is 0 Å². The minimum Gasteiger partial charge on any atom is -0.351 e. The SMILES string of the molecule is CCn1cnc2c(N3CCN(c4nc5c(Cl)cccc5s4)CC3)ncnc21. The summed E-state index contributed by atoms with van der Waals surface area (Å²) in [5.74, 6) is 0.916. The molecule has 0 spiro atoms. The number of halogens is 1. The number of fused-ring (bicyclic) bond motifs is 2. The topological polar surface area (TPSA) is 63.0 Å². The lowest BCUT2D eigenvalue weighted by atomic mass is 10.3. The van der Waals surface area contributed by atoms with Gasteiger partial charge < -0.3 is 14.4 Å². The molecule has 0 bridgehead atoms. The molecular weight excluding hydrogens is 382 g/mol. The number of rotatable bonds is 3. The lowest BCUT2D eigenvalue weighted by Crippen LogP contribution is -2.46. The first-order valence-corrected chi connectivity index (χ1v) is 10.1. The number of hydrogen-bond donors (Lipinski definition) is 0. The smallest absolute Gasteiger partial charge is 0.186 e. The fraction of sp³-hybridized carbons (Fsp3) is 0.333. The molecule has 7 nitrogen and oxygen atoms in total. The number of imidazole rings is 1. The van der Waals surface area contributed by atoms with Crippen LogP contribution in [0.5, 0.6) is 0 Å². The van der Waals surface area contributed by atoms with Gasteiger partial charge in [0.2, 0.25) is 0 Å². The van der Waals surface area contributed by atoms with Crippen molar-refractivity contribution in [2.45, 2.75) is 13.5 Å². The molecule has 5 rings (SSSR count). The zero-order valence-corrected chi connectivity index (χ0v) is 16.4. The first-order valence-electron chi connectivity index (χ1n) is 8.95. The van der Waals surface area contributed by atoms with Gasteiger partial charge in [0.25, 0.3) is 0 Å². The minimum absolute atomic E-state index is 0.712. The molecule has 1 saturated heterocycles. The van der Waals surface area contributed by atoms with Gasteiger partial charge in [-0.25, -0.2) is 19.9 Å². The fourth-order valence-electron chi connectivity index (χ4n) is 3.48. The summed E-state index contributed by atoms with van der Waals surface area (Å²) in [5, 5.41) is 1.74. The van der Waals surface area contributed by atoms with Gasteiger partial charge in [-0.1, -0.05) is 29.0 Å². The summed E-state index contributed by atoms with van der Waals surface area (Å²) in [4.78, 5) is 22.8. The van der Waals surface area contributed by atoms with Crippen LogP contribution < -0.4 is 9.80 Å². The quantitative estimate of drug-likeness (QED) is 0.526. The van der Waals surface area contributed by atoms with Gasteiger partial charge in [0.05, 0.1) is 16.0 Å². The van der Waals surface area contributed by atoms with E-state index in [-0.39, 0.29) is 0 Å². The Kier molecular flexibility index (Phi) is 4.09. The van der Waals surface area contributed by atoms with Gasteiger partial charge in [-0.05, 0) is 19.1 Å². The Bertz CT molecular complexity index is 1110. The molecule has 4 aromatic rings. The summed E-state index contributed by atoms with van der Waals surface area (Å²) in [5.41, 5.74) is 2.66. The maximum absolute atomic E-state index is 6.28. The molecule has 27 heavy (non-hydrogen) atoms. The largest absolute Gasteiger partial charge is 0.351 e. The molecule has 0 amide bonds. The highest BCUT2D eigenvalue weighted by atomic mass is 35.5. The Morgan fingerprint density at radius 1 is 1.04 bits per heavy atom. The third-order valence-corrected chi connectivity index (χ3v) is 6.32. The number of anilines is 2. The highest BCUT2D eigenvalue weighted by Gasteiger charge is 2.23. The van der Waals surface area contributed by atoms with Gasteiger partial charge in [-0.15, -0.1) is 0 Å². The zero-order chi connectivity index (χ0) is 18.4. The van der Waals surface area contributed by atoms with E-state index in [1.165, 1.54) is 0 Å². The standard InChI is InChI=1S/C18H18ClN7S/c1-2-24-11-22-15-16(24)20-10-21-17(15)25-6-8-26(9-7-25)18-23-14-12(19)4-3-5-13(14)27-18/h3-5,10-11H,2,6-9H2,1H3. The monoisotopic (exact) mass is 399 g/mol. The van der Waals surface area contributed by atoms with Gasteiger partial charge in [0.15, 0.2) is 22.1 Å². The maximum atomic E-state index is 6.28. The van der Waals surface area contributed by atoms with Crippen molar-refractivity contribution in [1.82, 2.24) is 24.5 Å². The average molecular weight is 400 g/mol. The van der Waals surface area contributed by atoms with Crippen LogP contribution in [0.15, 0.2) is 30.9 Å². The number of nitrogens with zero attached hydrogens (tertiary/aromatic N) is 7. The number of aryl methyl sites for hydroxylation is 1. The van der Waals surface area contributed by atoms with Crippen molar-refractivity contribution < 1.29 is 0 Å². The molecule has 1 aromatic carbocycles. The molecule has 4 heterocycles. The van der Waals surface area contributed by atoms with E-state index in [0.29, 0.717) is 5.02 Å². The Morgan fingerprint density at radius 2 is 1.85 bits per heavy atom. The second kappa shape index (κ2) is 6.61. The van der Waals surface area contributed by atoms with Crippen LogP contribution in [0.25, 0.3) is 21.4 Å². The molecule has 0 unspecified atom stereocenters. The number of aromatic nitrogens is 5. The van der Waals surface area contributed by atoms with E-state index in [0.717, 1.165) is 65.1 Å². The van der Waals surface area contributed by atoms with Crippen molar-refractivity contribution in [1.29, 1.82) is 0 Å². The van der Waals surface area contributed by atoms with Gasteiger partial charge in [0, 0.05) is 32.7 Å². The van der Waals surface area contributed by atoms with E-state index in [1.54, 1.807) is 17.7 Å². The van der Waals surface area contributed by atoms with Crippen molar-refractivity contribution in [3.05, 3.63) is 35.9 Å². The minimum atomic E-state index is 0.712. The van der Waals surface area contributed by atoms with E-state index >= 15 is 0 Å². The van der Waals surface area contributed by atoms with Crippen LogP contribution in [0.1, 0.15) is 6.92 Å². The van der Waals surface area contributed by atoms with Gasteiger partial charge in [0.1, 0.15) is 11.8 Å². The van der Waals surface area contributed by atoms with Crippen LogP contribution in [0.2, 0.25) is 5.02 Å². The summed E-state index contributed by atoms with van der Waals surface area (Å²) in [7, 11) is 0. The molecule has 0 saturated carbocycles. The molecular formula is C18H18ClN7S. The van der Waals surface area contributed by atoms with E-state index in [4.69, 9.17) is 16.6 Å². The fourth-order valence-corrected chi connectivity index (χ4v) is 4.80. The normalized spacial score (nSPS) is 15.2. The molecule has 0 radical (unpaired) electrons. The Balaban J connectivity index is 1.38. The van der Waals surface area contributed by atoms with Gasteiger partial charge in [-0.2, -0.15) is 0 Å². The molecule has 1 aliphatic rings. The summed E-state index contributed by atoms with van der Waals surface area (Å²) >= 11 is 7.97. The summed E-state index contributed by atoms with van der Waals surface area (Å²) in [6.07, 6.45) is 3.47. The third kappa shape index (κ3) is 2.80. The third-order valence-electron chi connectivity index (χ3n) is 4.93. The van der Waals surface area contributed by atoms with Crippen molar-refractivity contribution >= 4 is 55.3 Å². The van der Waals surface area contributed by atoms with Crippen molar-refractivity contribution in [3.63, 3.8) is 0 Å². The molecule has 138 valence electrons. The maximum Gasteiger partial charge on any atom is 0.186 e. The first kappa shape index (κ1) is 16.7. The van der Waals surface area contributed by atoms with E-state index in [2.05, 4.69) is 37.7 Å². The van der Waals surface area contributed by atoms with E-state index in [9.17, 15) is 0 Å². The van der Waals surface area contributed by atoms with Crippen molar-refractivity contribution in [3.8, 4) is 0 Å². The van der Waals surface area contributed by atoms with Gasteiger partial charge >= 0.3 is 0 Å². The van der Waals surface area contributed by atoms with E-state index in [1.807, 2.05) is 23.0 Å². The second-order valence-corrected chi connectivity index (χ2v) is 7.87. The van der Waals surface area contributed by atoms with Gasteiger partial charge in [-0.3, -0.25) is 0 Å². The molecule has 1 aliphatic heterocycles. The average Bonchev–Trinajstić information content (AvgIpc) is 3.33. The molecule has 0 atom stereocenters. The highest BCUT2D eigenvalue weighted by molar-refractivity contribution is 7.22. The predicted octanol–water partition coefficient (Wildman–Crippen LogP) is 3.44. The number of para-hydroxylation sites is 1. The lowest BCUT2D eigenvalue weighted by molar-refractivity contribution is 0.647. The highest BCUT2D eigenvalue weighted by Crippen LogP contribution is 2.33. The molecule has 3 aromatic heterocycles. The number of hydrogen-bond acceptors (Lipinski definition) is 7. The summed E-state index contributed by atoms with van der Waals surface area (Å²) in [6.45, 7) is 6.45. The van der Waals surface area contributed by atoms with Crippen LogP contribution >= 0.6 is 22.9 Å². The van der Waals surface area contributed by atoms with Crippen LogP contribution in [0.4, 0.5) is 10.9 Å². The Morgan fingerprint density at radius 3 is 2.63 bits per heavy atom.